The van der Waals surface area contributed by atoms with Crippen molar-refractivity contribution < 1.29 is 17.9 Å². The first-order valence-corrected chi connectivity index (χ1v) is 11.0. The van der Waals surface area contributed by atoms with Crippen molar-refractivity contribution in [2.24, 2.45) is 5.14 Å². The minimum absolute atomic E-state index is 0.102. The number of primary sulfonamides is 1. The second-order valence-electron chi connectivity index (χ2n) is 7.29. The van der Waals surface area contributed by atoms with Crippen LogP contribution in [0, 0.1) is 0 Å². The number of nitrogens with two attached hydrogens (primary N) is 1. The van der Waals surface area contributed by atoms with E-state index in [1.807, 2.05) is 12.1 Å². The van der Waals surface area contributed by atoms with Crippen molar-refractivity contribution in [2.75, 3.05) is 20.2 Å². The van der Waals surface area contributed by atoms with E-state index in [-0.39, 0.29) is 16.4 Å². The molecule has 7 nitrogen and oxygen atoms in total. The number of methoxy groups -OCH3 is 1. The highest BCUT2D eigenvalue weighted by Gasteiger charge is 2.28. The van der Waals surface area contributed by atoms with Gasteiger partial charge in [-0.15, -0.1) is 0 Å². The lowest BCUT2D eigenvalue weighted by Crippen LogP contribution is -2.38. The van der Waals surface area contributed by atoms with Crippen LogP contribution in [0.25, 0.3) is 10.9 Å². The van der Waals surface area contributed by atoms with Crippen LogP contribution in [0.5, 0.6) is 5.75 Å². The van der Waals surface area contributed by atoms with Gasteiger partial charge in [-0.2, -0.15) is 0 Å². The van der Waals surface area contributed by atoms with Crippen LogP contribution in [-0.4, -0.2) is 44.4 Å². The SMILES string of the molecule is COc1ccc(S(N)(=O)=O)cc1C(=O)N1CCC(c2cc3ccccc3[nH]2)CC1. The molecule has 1 fully saturated rings. The molecule has 3 N–H and O–H groups in total. The Balaban J connectivity index is 1.52. The smallest absolute Gasteiger partial charge is 0.257 e. The predicted octanol–water partition coefficient (Wildman–Crippen LogP) is 2.84. The third-order valence-corrected chi connectivity index (χ3v) is 6.41. The van der Waals surface area contributed by atoms with Gasteiger partial charge in [0.05, 0.1) is 17.6 Å². The third kappa shape index (κ3) is 3.86. The van der Waals surface area contributed by atoms with Crippen LogP contribution in [0.15, 0.2) is 53.4 Å². The number of nitrogens with one attached hydrogen (secondary N) is 1. The second kappa shape index (κ2) is 7.53. The molecule has 8 heteroatoms. The van der Waals surface area contributed by atoms with Crippen molar-refractivity contribution in [3.05, 3.63) is 59.8 Å². The molecule has 1 aliphatic rings. The highest BCUT2D eigenvalue weighted by atomic mass is 32.2. The molecule has 4 rings (SSSR count). The maximum atomic E-state index is 13.0. The summed E-state index contributed by atoms with van der Waals surface area (Å²) in [6, 6.07) is 14.4. The van der Waals surface area contributed by atoms with Crippen molar-refractivity contribution in [2.45, 2.75) is 23.7 Å². The molecule has 0 saturated carbocycles. The maximum absolute atomic E-state index is 13.0. The molecule has 152 valence electrons. The average Bonchev–Trinajstić information content (AvgIpc) is 3.16. The minimum atomic E-state index is -3.90. The topological polar surface area (TPSA) is 105 Å². The number of para-hydroxylation sites is 1. The Morgan fingerprint density at radius 3 is 2.52 bits per heavy atom. The summed E-state index contributed by atoms with van der Waals surface area (Å²) in [6.45, 7) is 1.17. The number of carbonyl (C=O) groups excluding carboxylic acids is 1. The molecule has 3 aromatic rings. The van der Waals surface area contributed by atoms with E-state index in [2.05, 4.69) is 23.2 Å². The van der Waals surface area contributed by atoms with Crippen molar-refractivity contribution >= 4 is 26.8 Å². The van der Waals surface area contributed by atoms with Crippen molar-refractivity contribution in [3.8, 4) is 5.75 Å². The normalized spacial score (nSPS) is 15.6. The molecule has 2 heterocycles. The number of hydrogen-bond acceptors (Lipinski definition) is 4. The number of likely N-dealkylation sites (tertiary alicyclic amines) is 1. The second-order valence-corrected chi connectivity index (χ2v) is 8.85. The predicted molar refractivity (Wildman–Crippen MR) is 111 cm³/mol. The zero-order chi connectivity index (χ0) is 20.6. The molecule has 1 aromatic heterocycles. The van der Waals surface area contributed by atoms with Gasteiger partial charge in [0.25, 0.3) is 5.91 Å². The van der Waals surface area contributed by atoms with Crippen molar-refractivity contribution in [1.29, 1.82) is 0 Å². The van der Waals surface area contributed by atoms with Gasteiger partial charge in [0.1, 0.15) is 5.75 Å². The average molecular weight is 413 g/mol. The number of benzene rings is 2. The molecule has 1 saturated heterocycles. The Morgan fingerprint density at radius 2 is 1.86 bits per heavy atom. The van der Waals surface area contributed by atoms with Crippen LogP contribution in [0.1, 0.15) is 34.8 Å². The van der Waals surface area contributed by atoms with Crippen LogP contribution in [-0.2, 0) is 10.0 Å². The Kier molecular flexibility index (Phi) is 5.06. The fourth-order valence-electron chi connectivity index (χ4n) is 3.91. The van der Waals surface area contributed by atoms with Crippen LogP contribution >= 0.6 is 0 Å². The lowest BCUT2D eigenvalue weighted by molar-refractivity contribution is 0.0708. The zero-order valence-electron chi connectivity index (χ0n) is 16.1. The maximum Gasteiger partial charge on any atom is 0.257 e. The summed E-state index contributed by atoms with van der Waals surface area (Å²) in [5.41, 5.74) is 2.51. The Hall–Kier alpha value is -2.84. The van der Waals surface area contributed by atoms with Gasteiger partial charge in [-0.1, -0.05) is 18.2 Å². The van der Waals surface area contributed by atoms with Crippen molar-refractivity contribution in [1.82, 2.24) is 9.88 Å². The molecule has 2 aromatic carbocycles. The highest BCUT2D eigenvalue weighted by molar-refractivity contribution is 7.89. The van der Waals surface area contributed by atoms with Gasteiger partial charge < -0.3 is 14.6 Å². The number of aromatic amines is 1. The molecule has 1 amide bonds. The standard InChI is InChI=1S/C21H23N3O4S/c1-28-20-7-6-16(29(22,26)27)13-17(20)21(25)24-10-8-14(9-11-24)19-12-15-4-2-3-5-18(15)23-19/h2-7,12-14,23H,8-11H2,1H3,(H2,22,26,27). The molecule has 0 atom stereocenters. The zero-order valence-corrected chi connectivity index (χ0v) is 16.9. The molecule has 0 bridgehead atoms. The van der Waals surface area contributed by atoms with Gasteiger partial charge in [-0.3, -0.25) is 4.79 Å². The molecule has 0 radical (unpaired) electrons. The van der Waals surface area contributed by atoms with E-state index in [1.165, 1.54) is 36.4 Å². The number of ether oxygens (including phenoxy) is 1. The number of rotatable bonds is 4. The van der Waals surface area contributed by atoms with Crippen molar-refractivity contribution in [3.63, 3.8) is 0 Å². The summed E-state index contributed by atoms with van der Waals surface area (Å²) in [7, 11) is -2.45. The van der Waals surface area contributed by atoms with Crippen LogP contribution < -0.4 is 9.88 Å². The van der Waals surface area contributed by atoms with E-state index < -0.39 is 10.0 Å². The number of H-pyrrole nitrogens is 1. The number of sulfonamides is 1. The number of aromatic nitrogens is 1. The van der Waals surface area contributed by atoms with E-state index in [1.54, 1.807) is 4.90 Å². The van der Waals surface area contributed by atoms with Crippen LogP contribution in [0.3, 0.4) is 0 Å². The van der Waals surface area contributed by atoms with E-state index >= 15 is 0 Å². The number of fused-ring (bicyclic) bond motifs is 1. The third-order valence-electron chi connectivity index (χ3n) is 5.50. The quantitative estimate of drug-likeness (QED) is 0.686. The van der Waals surface area contributed by atoms with Gasteiger partial charge >= 0.3 is 0 Å². The van der Waals surface area contributed by atoms with E-state index in [0.29, 0.717) is 24.8 Å². The number of nitrogens with zero attached hydrogens (tertiary/aromatic N) is 1. The molecule has 0 unspecified atom stereocenters. The summed E-state index contributed by atoms with van der Waals surface area (Å²) >= 11 is 0. The molecule has 0 spiro atoms. The summed E-state index contributed by atoms with van der Waals surface area (Å²) in [4.78, 5) is 18.2. The number of hydrogen-bond donors (Lipinski definition) is 2. The lowest BCUT2D eigenvalue weighted by Gasteiger charge is -2.32. The molecular formula is C21H23N3O4S. The largest absolute Gasteiger partial charge is 0.496 e. The fourth-order valence-corrected chi connectivity index (χ4v) is 4.45. The highest BCUT2D eigenvalue weighted by Crippen LogP contribution is 2.31. The summed E-state index contributed by atoms with van der Waals surface area (Å²) < 4.78 is 28.6. The van der Waals surface area contributed by atoms with E-state index in [9.17, 15) is 13.2 Å². The first kappa shape index (κ1) is 19.5. The molecular weight excluding hydrogens is 390 g/mol. The van der Waals surface area contributed by atoms with Gasteiger partial charge in [0, 0.05) is 30.2 Å². The Bertz CT molecular complexity index is 1130. The minimum Gasteiger partial charge on any atom is -0.496 e. The van der Waals surface area contributed by atoms with E-state index in [4.69, 9.17) is 9.88 Å². The Morgan fingerprint density at radius 1 is 1.14 bits per heavy atom. The molecule has 0 aliphatic carbocycles. The van der Waals surface area contributed by atoms with Crippen LogP contribution in [0.4, 0.5) is 0 Å². The summed E-state index contributed by atoms with van der Waals surface area (Å²) in [5, 5.41) is 6.40. The molecule has 1 aliphatic heterocycles. The summed E-state index contributed by atoms with van der Waals surface area (Å²) in [6.07, 6.45) is 1.66. The number of amides is 1. The summed E-state index contributed by atoms with van der Waals surface area (Å²) in [5.74, 6) is 0.437. The Labute approximate surface area is 169 Å². The van der Waals surface area contributed by atoms with E-state index in [0.717, 1.165) is 18.4 Å². The monoisotopic (exact) mass is 413 g/mol. The van der Waals surface area contributed by atoms with Gasteiger partial charge in [0.15, 0.2) is 0 Å². The van der Waals surface area contributed by atoms with Crippen LogP contribution in [0.2, 0.25) is 0 Å². The molecule has 29 heavy (non-hydrogen) atoms. The first-order valence-electron chi connectivity index (χ1n) is 9.44. The number of piperidine rings is 1. The lowest BCUT2D eigenvalue weighted by atomic mass is 9.93. The fraction of sp³-hybridized carbons (Fsp3) is 0.286. The van der Waals surface area contributed by atoms with Gasteiger partial charge in [-0.25, -0.2) is 13.6 Å². The van der Waals surface area contributed by atoms with Gasteiger partial charge in [0.2, 0.25) is 10.0 Å². The number of carbonyl (C=O) groups is 1. The van der Waals surface area contributed by atoms with Gasteiger partial charge in [-0.05, 0) is 48.6 Å². The first-order chi connectivity index (χ1) is 13.9.